The lowest BCUT2D eigenvalue weighted by atomic mass is 9.89. The lowest BCUT2D eigenvalue weighted by molar-refractivity contribution is 0.138. The summed E-state index contributed by atoms with van der Waals surface area (Å²) in [6.45, 7) is 1.39. The molecule has 2 saturated heterocycles. The third-order valence-electron chi connectivity index (χ3n) is 5.75. The van der Waals surface area contributed by atoms with Crippen LogP contribution in [-0.2, 0) is 9.84 Å². The Hall–Kier alpha value is -2.09. The zero-order chi connectivity index (χ0) is 18.3. The molecule has 4 heterocycles. The van der Waals surface area contributed by atoms with Crippen molar-refractivity contribution in [3.05, 3.63) is 30.1 Å². The van der Waals surface area contributed by atoms with Gasteiger partial charge in [0.1, 0.15) is 5.65 Å². The Morgan fingerprint density at radius 2 is 2.08 bits per heavy atom. The third-order valence-corrected chi connectivity index (χ3v) is 7.50. The zero-order valence-electron chi connectivity index (χ0n) is 14.9. The molecule has 0 aromatic carbocycles. The number of piperidine rings is 1. The van der Waals surface area contributed by atoms with Crippen LogP contribution < -0.4 is 0 Å². The maximum atomic E-state index is 12.7. The van der Waals surface area contributed by atoms with Crippen LogP contribution in [0.2, 0.25) is 0 Å². The quantitative estimate of drug-likeness (QED) is 0.868. The lowest BCUT2D eigenvalue weighted by Gasteiger charge is -2.36. The molecule has 2 amide bonds. The van der Waals surface area contributed by atoms with Crippen molar-refractivity contribution in [2.75, 3.05) is 31.6 Å². The number of fused-ring (bicyclic) bond motifs is 1. The van der Waals surface area contributed by atoms with Crippen LogP contribution in [0.25, 0.3) is 11.0 Å². The highest BCUT2D eigenvalue weighted by atomic mass is 32.2. The Bertz CT molecular complexity index is 915. The molecule has 2 fully saturated rings. The molecule has 1 unspecified atom stereocenters. The Morgan fingerprint density at radius 1 is 1.31 bits per heavy atom. The number of nitrogens with zero attached hydrogens (tertiary/aromatic N) is 3. The van der Waals surface area contributed by atoms with Crippen molar-refractivity contribution in [1.82, 2.24) is 19.8 Å². The number of hydrogen-bond acceptors (Lipinski definition) is 4. The van der Waals surface area contributed by atoms with Gasteiger partial charge in [-0.25, -0.2) is 18.2 Å². The van der Waals surface area contributed by atoms with Crippen LogP contribution in [0.1, 0.15) is 30.7 Å². The summed E-state index contributed by atoms with van der Waals surface area (Å²) in [6.07, 6.45) is 6.18. The van der Waals surface area contributed by atoms with Crippen LogP contribution in [0.15, 0.2) is 24.5 Å². The molecule has 2 aliphatic rings. The number of likely N-dealkylation sites (tertiary alicyclic amines) is 1. The van der Waals surface area contributed by atoms with E-state index in [2.05, 4.69) is 16.0 Å². The molecular weight excluding hydrogens is 352 g/mol. The fourth-order valence-electron chi connectivity index (χ4n) is 4.16. The highest BCUT2D eigenvalue weighted by Gasteiger charge is 2.35. The van der Waals surface area contributed by atoms with Crippen LogP contribution in [0.4, 0.5) is 4.79 Å². The van der Waals surface area contributed by atoms with Gasteiger partial charge in [0, 0.05) is 44.0 Å². The standard InChI is InChI=1S/C18H24N4O3S/c1-21(14-6-10-26(24,25)12-14)18(23)22-8-4-13(5-9-22)16-11-20-17-15(16)3-2-7-19-17/h2-3,7,11,13-14H,4-6,8-10,12H2,1H3,(H,19,20). The highest BCUT2D eigenvalue weighted by molar-refractivity contribution is 7.91. The predicted octanol–water partition coefficient (Wildman–Crippen LogP) is 1.98. The number of sulfone groups is 1. The van der Waals surface area contributed by atoms with E-state index < -0.39 is 9.84 Å². The summed E-state index contributed by atoms with van der Waals surface area (Å²) in [5.41, 5.74) is 2.18. The molecule has 0 saturated carbocycles. The van der Waals surface area contributed by atoms with E-state index in [1.165, 1.54) is 5.56 Å². The van der Waals surface area contributed by atoms with Crippen molar-refractivity contribution in [2.24, 2.45) is 0 Å². The second kappa shape index (κ2) is 6.57. The van der Waals surface area contributed by atoms with E-state index in [4.69, 9.17) is 0 Å². The Labute approximate surface area is 153 Å². The Kier molecular flexibility index (Phi) is 4.38. The Morgan fingerprint density at radius 3 is 2.77 bits per heavy atom. The number of urea groups is 1. The number of hydrogen-bond donors (Lipinski definition) is 1. The minimum Gasteiger partial charge on any atom is -0.346 e. The monoisotopic (exact) mass is 376 g/mol. The summed E-state index contributed by atoms with van der Waals surface area (Å²) in [5, 5.41) is 1.16. The first-order chi connectivity index (χ1) is 12.4. The van der Waals surface area contributed by atoms with Gasteiger partial charge >= 0.3 is 6.03 Å². The summed E-state index contributed by atoms with van der Waals surface area (Å²) in [6, 6.07) is 3.79. The summed E-state index contributed by atoms with van der Waals surface area (Å²) >= 11 is 0. The minimum absolute atomic E-state index is 0.0499. The number of aromatic amines is 1. The van der Waals surface area contributed by atoms with E-state index in [1.54, 1.807) is 18.1 Å². The SMILES string of the molecule is CN(C(=O)N1CCC(c2c[nH]c3ncccc23)CC1)C1CCS(=O)(=O)C1. The number of H-pyrrole nitrogens is 1. The van der Waals surface area contributed by atoms with Crippen LogP contribution >= 0.6 is 0 Å². The van der Waals surface area contributed by atoms with Crippen molar-refractivity contribution in [3.8, 4) is 0 Å². The summed E-state index contributed by atoms with van der Waals surface area (Å²) in [4.78, 5) is 23.8. The van der Waals surface area contributed by atoms with Gasteiger partial charge < -0.3 is 14.8 Å². The van der Waals surface area contributed by atoms with Crippen LogP contribution in [0.3, 0.4) is 0 Å². The highest BCUT2D eigenvalue weighted by Crippen LogP contribution is 2.33. The molecule has 140 valence electrons. The molecule has 2 aromatic heterocycles. The second-order valence-corrected chi connectivity index (χ2v) is 9.58. The molecule has 7 nitrogen and oxygen atoms in total. The second-order valence-electron chi connectivity index (χ2n) is 7.36. The van der Waals surface area contributed by atoms with Crippen LogP contribution in [-0.4, -0.2) is 71.9 Å². The van der Waals surface area contributed by atoms with Gasteiger partial charge in [-0.3, -0.25) is 0 Å². The molecule has 4 rings (SSSR count). The van der Waals surface area contributed by atoms with Crippen LogP contribution in [0, 0.1) is 0 Å². The van der Waals surface area contributed by atoms with E-state index in [9.17, 15) is 13.2 Å². The van der Waals surface area contributed by atoms with Gasteiger partial charge in [0.15, 0.2) is 9.84 Å². The van der Waals surface area contributed by atoms with Crippen LogP contribution in [0.5, 0.6) is 0 Å². The first-order valence-electron chi connectivity index (χ1n) is 9.09. The number of aromatic nitrogens is 2. The molecule has 0 aliphatic carbocycles. The normalized spacial score (nSPS) is 23.4. The number of rotatable bonds is 2. The van der Waals surface area contributed by atoms with E-state index in [0.29, 0.717) is 25.4 Å². The van der Waals surface area contributed by atoms with E-state index in [0.717, 1.165) is 23.9 Å². The van der Waals surface area contributed by atoms with Gasteiger partial charge in [-0.15, -0.1) is 0 Å². The smallest absolute Gasteiger partial charge is 0.320 e. The molecule has 1 N–H and O–H groups in total. The summed E-state index contributed by atoms with van der Waals surface area (Å²) in [5.74, 6) is 0.689. The lowest BCUT2D eigenvalue weighted by Crippen LogP contribution is -2.48. The van der Waals surface area contributed by atoms with Gasteiger partial charge in [-0.05, 0) is 42.9 Å². The first-order valence-corrected chi connectivity index (χ1v) is 10.9. The fraction of sp³-hybridized carbons (Fsp3) is 0.556. The molecule has 2 aromatic rings. The zero-order valence-corrected chi connectivity index (χ0v) is 15.7. The Balaban J connectivity index is 1.39. The molecule has 26 heavy (non-hydrogen) atoms. The number of pyridine rings is 1. The summed E-state index contributed by atoms with van der Waals surface area (Å²) < 4.78 is 23.3. The van der Waals surface area contributed by atoms with Crippen molar-refractivity contribution in [2.45, 2.75) is 31.2 Å². The minimum atomic E-state index is -2.99. The third kappa shape index (κ3) is 3.18. The molecule has 0 spiro atoms. The average molecular weight is 376 g/mol. The van der Waals surface area contributed by atoms with Crippen molar-refractivity contribution >= 4 is 26.9 Å². The van der Waals surface area contributed by atoms with E-state index in [1.807, 2.05) is 17.2 Å². The maximum Gasteiger partial charge on any atom is 0.320 e. The van der Waals surface area contributed by atoms with Gasteiger partial charge in [0.05, 0.1) is 11.5 Å². The largest absolute Gasteiger partial charge is 0.346 e. The van der Waals surface area contributed by atoms with Crippen molar-refractivity contribution in [3.63, 3.8) is 0 Å². The number of carbonyl (C=O) groups is 1. The van der Waals surface area contributed by atoms with Gasteiger partial charge in [0.2, 0.25) is 0 Å². The van der Waals surface area contributed by atoms with E-state index >= 15 is 0 Å². The number of carbonyl (C=O) groups excluding carboxylic acids is 1. The molecule has 2 aliphatic heterocycles. The van der Waals surface area contributed by atoms with Crippen molar-refractivity contribution in [1.29, 1.82) is 0 Å². The van der Waals surface area contributed by atoms with Gasteiger partial charge in [-0.1, -0.05) is 0 Å². The fourth-order valence-corrected chi connectivity index (χ4v) is 5.93. The van der Waals surface area contributed by atoms with E-state index in [-0.39, 0.29) is 23.6 Å². The molecule has 0 radical (unpaired) electrons. The average Bonchev–Trinajstić information content (AvgIpc) is 3.24. The number of nitrogens with one attached hydrogen (secondary N) is 1. The molecule has 8 heteroatoms. The predicted molar refractivity (Wildman–Crippen MR) is 99.9 cm³/mol. The molecular formula is C18H24N4O3S. The topological polar surface area (TPSA) is 86.4 Å². The van der Waals surface area contributed by atoms with Crippen molar-refractivity contribution < 1.29 is 13.2 Å². The van der Waals surface area contributed by atoms with Gasteiger partial charge in [0.25, 0.3) is 0 Å². The number of amides is 2. The molecule has 1 atom stereocenters. The summed E-state index contributed by atoms with van der Waals surface area (Å²) in [7, 11) is -1.26. The molecule has 0 bridgehead atoms. The maximum absolute atomic E-state index is 12.7. The van der Waals surface area contributed by atoms with Gasteiger partial charge in [-0.2, -0.15) is 0 Å². The first kappa shape index (κ1) is 17.3.